The summed E-state index contributed by atoms with van der Waals surface area (Å²) in [5.41, 5.74) is 9.72. The number of hydrogen-bond donors (Lipinski definition) is 3. The van der Waals surface area contributed by atoms with Gasteiger partial charge in [-0.2, -0.15) is 0 Å². The molecule has 14 heavy (non-hydrogen) atoms. The van der Waals surface area contributed by atoms with Crippen LogP contribution in [0.3, 0.4) is 0 Å². The van der Waals surface area contributed by atoms with Crippen LogP contribution in [-0.4, -0.2) is 10.1 Å². The summed E-state index contributed by atoms with van der Waals surface area (Å²) in [6, 6.07) is 3.72. The molecule has 0 bridgehead atoms. The van der Waals surface area contributed by atoms with Crippen LogP contribution in [0.15, 0.2) is 12.1 Å². The van der Waals surface area contributed by atoms with Gasteiger partial charge >= 0.3 is 0 Å². The third-order valence-corrected chi connectivity index (χ3v) is 2.64. The fourth-order valence-electron chi connectivity index (χ4n) is 1.79. The third-order valence-electron chi connectivity index (χ3n) is 2.64. The van der Waals surface area contributed by atoms with Crippen LogP contribution in [0, 0.1) is 13.8 Å². The summed E-state index contributed by atoms with van der Waals surface area (Å²) in [6.45, 7) is 4.37. The second-order valence-electron chi connectivity index (χ2n) is 3.62. The lowest BCUT2D eigenvalue weighted by atomic mass is 10.1. The van der Waals surface area contributed by atoms with Crippen LogP contribution in [0.4, 0.5) is 0 Å². The van der Waals surface area contributed by atoms with E-state index < -0.39 is 0 Å². The Labute approximate surface area is 82.6 Å². The number of aromatic hydroxyl groups is 1. The highest BCUT2D eigenvalue weighted by Gasteiger charge is 2.08. The predicted octanol–water partition coefficient (Wildman–Crippen LogP) is 1.95. The van der Waals surface area contributed by atoms with Crippen LogP contribution >= 0.6 is 0 Å². The number of fused-ring (bicyclic) bond motifs is 1. The topological polar surface area (TPSA) is 62.0 Å². The maximum Gasteiger partial charge on any atom is 0.119 e. The average molecular weight is 190 g/mol. The van der Waals surface area contributed by atoms with Crippen molar-refractivity contribution in [2.24, 2.45) is 5.73 Å². The van der Waals surface area contributed by atoms with Crippen LogP contribution < -0.4 is 5.73 Å². The Morgan fingerprint density at radius 3 is 2.71 bits per heavy atom. The van der Waals surface area contributed by atoms with Crippen LogP contribution in [-0.2, 0) is 6.54 Å². The third kappa shape index (κ3) is 1.17. The monoisotopic (exact) mass is 190 g/mol. The molecule has 4 N–H and O–H groups in total. The number of aryl methyl sites for hydroxylation is 2. The van der Waals surface area contributed by atoms with Gasteiger partial charge in [0.1, 0.15) is 5.75 Å². The first-order valence-electron chi connectivity index (χ1n) is 4.64. The Kier molecular flexibility index (Phi) is 1.97. The molecule has 2 rings (SSSR count). The molecule has 3 nitrogen and oxygen atoms in total. The minimum atomic E-state index is 0.325. The molecule has 74 valence electrons. The van der Waals surface area contributed by atoms with Crippen molar-refractivity contribution in [3.8, 4) is 5.75 Å². The number of phenols is 1. The molecular weight excluding hydrogens is 176 g/mol. The van der Waals surface area contributed by atoms with Gasteiger partial charge in [-0.25, -0.2) is 0 Å². The fraction of sp³-hybridized carbons (Fsp3) is 0.273. The minimum absolute atomic E-state index is 0.325. The molecule has 0 fully saturated rings. The molecule has 0 unspecified atom stereocenters. The van der Waals surface area contributed by atoms with E-state index in [0.29, 0.717) is 12.3 Å². The van der Waals surface area contributed by atoms with Gasteiger partial charge in [0.2, 0.25) is 0 Å². The number of nitrogens with two attached hydrogens (primary N) is 1. The molecule has 0 amide bonds. The average Bonchev–Trinajstić information content (AvgIpc) is 2.42. The first-order chi connectivity index (χ1) is 6.63. The summed E-state index contributed by atoms with van der Waals surface area (Å²) in [4.78, 5) is 3.25. The standard InChI is InChI=1S/C11H14N2O/c1-6-3-10-8(4-11(6)14)9(5-12)7(2)13-10/h3-4,13-14H,5,12H2,1-2H3. The lowest BCUT2D eigenvalue weighted by molar-refractivity contribution is 0.472. The number of H-pyrrole nitrogens is 1. The van der Waals surface area contributed by atoms with Gasteiger partial charge < -0.3 is 15.8 Å². The van der Waals surface area contributed by atoms with E-state index in [2.05, 4.69) is 4.98 Å². The van der Waals surface area contributed by atoms with Gasteiger partial charge in [0, 0.05) is 23.1 Å². The summed E-state index contributed by atoms with van der Waals surface area (Å²) < 4.78 is 0. The fourth-order valence-corrected chi connectivity index (χ4v) is 1.79. The lowest BCUT2D eigenvalue weighted by Crippen LogP contribution is -1.96. The van der Waals surface area contributed by atoms with E-state index in [9.17, 15) is 5.11 Å². The quantitative estimate of drug-likeness (QED) is 0.643. The van der Waals surface area contributed by atoms with Gasteiger partial charge in [-0.1, -0.05) is 0 Å². The van der Waals surface area contributed by atoms with Gasteiger partial charge in [0.05, 0.1) is 0 Å². The van der Waals surface area contributed by atoms with Crippen LogP contribution in [0.1, 0.15) is 16.8 Å². The van der Waals surface area contributed by atoms with E-state index in [1.165, 1.54) is 0 Å². The van der Waals surface area contributed by atoms with E-state index in [1.807, 2.05) is 19.9 Å². The van der Waals surface area contributed by atoms with Gasteiger partial charge in [-0.3, -0.25) is 0 Å². The zero-order chi connectivity index (χ0) is 10.3. The highest BCUT2D eigenvalue weighted by atomic mass is 16.3. The van der Waals surface area contributed by atoms with Crippen LogP contribution in [0.25, 0.3) is 10.9 Å². The molecule has 0 aliphatic carbocycles. The van der Waals surface area contributed by atoms with Crippen molar-refractivity contribution in [3.05, 3.63) is 29.0 Å². The molecule has 0 spiro atoms. The van der Waals surface area contributed by atoms with E-state index in [-0.39, 0.29) is 0 Å². The Hall–Kier alpha value is -1.48. The second kappa shape index (κ2) is 3.03. The molecule has 0 atom stereocenters. The van der Waals surface area contributed by atoms with E-state index >= 15 is 0 Å². The summed E-state index contributed by atoms with van der Waals surface area (Å²) in [5, 5.41) is 10.6. The first-order valence-corrected chi connectivity index (χ1v) is 4.64. The maximum atomic E-state index is 9.59. The zero-order valence-electron chi connectivity index (χ0n) is 8.39. The van der Waals surface area contributed by atoms with Crippen molar-refractivity contribution in [1.29, 1.82) is 0 Å². The second-order valence-corrected chi connectivity index (χ2v) is 3.62. The van der Waals surface area contributed by atoms with Gasteiger partial charge in [-0.15, -0.1) is 0 Å². The van der Waals surface area contributed by atoms with E-state index in [0.717, 1.165) is 27.7 Å². The molecule has 0 radical (unpaired) electrons. The summed E-state index contributed by atoms with van der Waals surface area (Å²) >= 11 is 0. The molecule has 0 saturated heterocycles. The van der Waals surface area contributed by atoms with Gasteiger partial charge in [0.15, 0.2) is 0 Å². The smallest absolute Gasteiger partial charge is 0.119 e. The van der Waals surface area contributed by atoms with Gasteiger partial charge in [0.25, 0.3) is 0 Å². The number of aromatic amines is 1. The number of benzene rings is 1. The summed E-state index contributed by atoms with van der Waals surface area (Å²) in [6.07, 6.45) is 0. The zero-order valence-corrected chi connectivity index (χ0v) is 8.39. The largest absolute Gasteiger partial charge is 0.508 e. The highest BCUT2D eigenvalue weighted by Crippen LogP contribution is 2.28. The van der Waals surface area contributed by atoms with Crippen molar-refractivity contribution in [3.63, 3.8) is 0 Å². The van der Waals surface area contributed by atoms with Gasteiger partial charge in [-0.05, 0) is 37.1 Å². The molecule has 0 saturated carbocycles. The first kappa shape index (κ1) is 9.09. The van der Waals surface area contributed by atoms with Crippen molar-refractivity contribution < 1.29 is 5.11 Å². The number of nitrogens with one attached hydrogen (secondary N) is 1. The van der Waals surface area contributed by atoms with Crippen molar-refractivity contribution >= 4 is 10.9 Å². The maximum absolute atomic E-state index is 9.59. The van der Waals surface area contributed by atoms with Crippen LogP contribution in [0.5, 0.6) is 5.75 Å². The molecular formula is C11H14N2O. The molecule has 0 aliphatic heterocycles. The number of hydrogen-bond acceptors (Lipinski definition) is 2. The molecule has 1 aromatic heterocycles. The normalized spacial score (nSPS) is 11.1. The molecule has 3 heteroatoms. The Morgan fingerprint density at radius 2 is 2.07 bits per heavy atom. The Balaban J connectivity index is 2.82. The van der Waals surface area contributed by atoms with Crippen molar-refractivity contribution in [1.82, 2.24) is 4.98 Å². The lowest BCUT2D eigenvalue weighted by Gasteiger charge is -1.99. The minimum Gasteiger partial charge on any atom is -0.508 e. The van der Waals surface area contributed by atoms with E-state index in [1.54, 1.807) is 6.07 Å². The SMILES string of the molecule is Cc1cc2[nH]c(C)c(CN)c2cc1O. The Morgan fingerprint density at radius 1 is 1.36 bits per heavy atom. The number of aromatic nitrogens is 1. The summed E-state index contributed by atoms with van der Waals surface area (Å²) in [5.74, 6) is 0.325. The van der Waals surface area contributed by atoms with E-state index in [4.69, 9.17) is 5.73 Å². The van der Waals surface area contributed by atoms with Crippen molar-refractivity contribution in [2.45, 2.75) is 20.4 Å². The van der Waals surface area contributed by atoms with Crippen molar-refractivity contribution in [2.75, 3.05) is 0 Å². The Bertz CT molecular complexity index is 485. The molecule has 0 aliphatic rings. The highest BCUT2D eigenvalue weighted by molar-refractivity contribution is 5.86. The number of phenolic OH excluding ortho intramolecular Hbond substituents is 1. The van der Waals surface area contributed by atoms with Crippen LogP contribution in [0.2, 0.25) is 0 Å². The molecule has 1 heterocycles. The predicted molar refractivity (Wildman–Crippen MR) is 57.3 cm³/mol. The molecule has 2 aromatic rings. The number of rotatable bonds is 1. The summed E-state index contributed by atoms with van der Waals surface area (Å²) in [7, 11) is 0. The molecule has 1 aromatic carbocycles.